The largest absolute Gasteiger partial charge is 0.493 e. The fourth-order valence-electron chi connectivity index (χ4n) is 3.72. The van der Waals surface area contributed by atoms with E-state index in [2.05, 4.69) is 12.2 Å². The molecule has 7 nitrogen and oxygen atoms in total. The smallest absolute Gasteiger partial charge is 0.264 e. The summed E-state index contributed by atoms with van der Waals surface area (Å²) in [5.41, 5.74) is 1.40. The molecule has 0 atom stereocenters. The number of nitrogens with zero attached hydrogens (tertiary/aromatic N) is 1. The van der Waals surface area contributed by atoms with Crippen LogP contribution in [-0.4, -0.2) is 40.6 Å². The zero-order valence-corrected chi connectivity index (χ0v) is 21.7. The summed E-state index contributed by atoms with van der Waals surface area (Å²) in [7, 11) is -4.00. The molecule has 0 aliphatic heterocycles. The summed E-state index contributed by atoms with van der Waals surface area (Å²) in [6.45, 7) is 4.95. The second-order valence-electron chi connectivity index (χ2n) is 8.14. The normalized spacial score (nSPS) is 11.1. The van der Waals surface area contributed by atoms with E-state index < -0.39 is 15.9 Å². The molecule has 192 valence electrons. The number of ether oxygens (including phenoxy) is 2. The summed E-state index contributed by atoms with van der Waals surface area (Å²) in [6, 6.07) is 22.8. The van der Waals surface area contributed by atoms with Crippen molar-refractivity contribution in [2.75, 3.05) is 30.6 Å². The van der Waals surface area contributed by atoms with Gasteiger partial charge in [-0.3, -0.25) is 9.10 Å². The van der Waals surface area contributed by atoms with Crippen LogP contribution in [0.15, 0.2) is 83.8 Å². The average molecular weight is 511 g/mol. The highest BCUT2D eigenvalue weighted by Crippen LogP contribution is 2.32. The van der Waals surface area contributed by atoms with E-state index >= 15 is 0 Å². The lowest BCUT2D eigenvalue weighted by molar-refractivity contribution is -0.119. The third kappa shape index (κ3) is 7.24. The number of para-hydroxylation sites is 3. The summed E-state index contributed by atoms with van der Waals surface area (Å²) in [4.78, 5) is 13.0. The van der Waals surface area contributed by atoms with Gasteiger partial charge in [0.1, 0.15) is 18.0 Å². The highest BCUT2D eigenvalue weighted by atomic mass is 32.2. The molecule has 0 aromatic heterocycles. The van der Waals surface area contributed by atoms with Gasteiger partial charge in [-0.05, 0) is 62.1 Å². The van der Waals surface area contributed by atoms with Crippen molar-refractivity contribution in [3.05, 3.63) is 84.4 Å². The van der Waals surface area contributed by atoms with E-state index in [0.717, 1.165) is 28.5 Å². The van der Waals surface area contributed by atoms with Crippen molar-refractivity contribution < 1.29 is 22.7 Å². The number of amides is 1. The monoisotopic (exact) mass is 510 g/mol. The van der Waals surface area contributed by atoms with Crippen molar-refractivity contribution in [1.29, 1.82) is 0 Å². The van der Waals surface area contributed by atoms with E-state index in [0.29, 0.717) is 37.6 Å². The maximum absolute atomic E-state index is 13.5. The van der Waals surface area contributed by atoms with Crippen molar-refractivity contribution in [2.24, 2.45) is 0 Å². The maximum atomic E-state index is 13.5. The third-order valence-electron chi connectivity index (χ3n) is 5.43. The zero-order valence-electron chi connectivity index (χ0n) is 20.9. The molecule has 0 saturated carbocycles. The molecule has 8 heteroatoms. The molecular formula is C28H34N2O5S. The molecule has 0 radical (unpaired) electrons. The number of aryl methyl sites for hydroxylation is 1. The fourth-order valence-corrected chi connectivity index (χ4v) is 5.17. The Morgan fingerprint density at radius 2 is 1.53 bits per heavy atom. The molecule has 0 saturated heterocycles. The molecule has 0 spiro atoms. The van der Waals surface area contributed by atoms with Crippen LogP contribution in [0.1, 0.15) is 32.3 Å². The van der Waals surface area contributed by atoms with Gasteiger partial charge in [0.15, 0.2) is 0 Å². The molecular weight excluding hydrogens is 476 g/mol. The minimum Gasteiger partial charge on any atom is -0.493 e. The van der Waals surface area contributed by atoms with Crippen LogP contribution in [0.25, 0.3) is 0 Å². The van der Waals surface area contributed by atoms with E-state index in [1.165, 1.54) is 12.1 Å². The third-order valence-corrected chi connectivity index (χ3v) is 7.21. The average Bonchev–Trinajstić information content (AvgIpc) is 2.90. The Kier molecular flexibility index (Phi) is 10.2. The molecule has 0 aliphatic carbocycles. The summed E-state index contributed by atoms with van der Waals surface area (Å²) in [6.07, 6.45) is 2.36. The van der Waals surface area contributed by atoms with Crippen molar-refractivity contribution in [1.82, 2.24) is 5.32 Å². The number of nitrogens with one attached hydrogen (secondary N) is 1. The Labute approximate surface area is 214 Å². The number of hydrogen-bond acceptors (Lipinski definition) is 5. The SMILES string of the molecule is CCCOc1ccccc1CCCNC(=O)CN(c1ccccc1OCC)S(=O)(=O)c1ccccc1. The van der Waals surface area contributed by atoms with Gasteiger partial charge < -0.3 is 14.8 Å². The number of hydrogen-bond donors (Lipinski definition) is 1. The van der Waals surface area contributed by atoms with E-state index in [1.807, 2.05) is 31.2 Å². The minimum absolute atomic E-state index is 0.104. The quantitative estimate of drug-likeness (QED) is 0.314. The predicted molar refractivity (Wildman–Crippen MR) is 142 cm³/mol. The maximum Gasteiger partial charge on any atom is 0.264 e. The van der Waals surface area contributed by atoms with Gasteiger partial charge in [-0.1, -0.05) is 55.5 Å². The number of carbonyl (C=O) groups is 1. The zero-order chi connectivity index (χ0) is 25.8. The van der Waals surface area contributed by atoms with Gasteiger partial charge >= 0.3 is 0 Å². The van der Waals surface area contributed by atoms with Gasteiger partial charge in [-0.25, -0.2) is 8.42 Å². The van der Waals surface area contributed by atoms with E-state index in [1.54, 1.807) is 42.5 Å². The Morgan fingerprint density at radius 3 is 2.25 bits per heavy atom. The number of rotatable bonds is 14. The molecule has 0 heterocycles. The van der Waals surface area contributed by atoms with Gasteiger partial charge in [0.2, 0.25) is 5.91 Å². The summed E-state index contributed by atoms with van der Waals surface area (Å²) in [5.74, 6) is 0.866. The highest BCUT2D eigenvalue weighted by Gasteiger charge is 2.29. The minimum atomic E-state index is -4.00. The van der Waals surface area contributed by atoms with Crippen molar-refractivity contribution in [3.63, 3.8) is 0 Å². The first-order chi connectivity index (χ1) is 17.5. The molecule has 0 fully saturated rings. The lowest BCUT2D eigenvalue weighted by Gasteiger charge is -2.26. The van der Waals surface area contributed by atoms with Crippen molar-refractivity contribution in [3.8, 4) is 11.5 Å². The van der Waals surface area contributed by atoms with Crippen LogP contribution in [0.2, 0.25) is 0 Å². The van der Waals surface area contributed by atoms with E-state index in [4.69, 9.17) is 9.47 Å². The van der Waals surface area contributed by atoms with E-state index in [9.17, 15) is 13.2 Å². The Morgan fingerprint density at radius 1 is 0.861 bits per heavy atom. The number of benzene rings is 3. The van der Waals surface area contributed by atoms with Gasteiger partial charge in [0.05, 0.1) is 23.8 Å². The van der Waals surface area contributed by atoms with Crippen LogP contribution in [-0.2, 0) is 21.2 Å². The summed E-state index contributed by atoms with van der Waals surface area (Å²) < 4.78 is 39.7. The van der Waals surface area contributed by atoms with Gasteiger partial charge in [-0.2, -0.15) is 0 Å². The lowest BCUT2D eigenvalue weighted by Crippen LogP contribution is -2.41. The van der Waals surface area contributed by atoms with Crippen molar-refractivity contribution >= 4 is 21.6 Å². The fraction of sp³-hybridized carbons (Fsp3) is 0.321. The first-order valence-corrected chi connectivity index (χ1v) is 13.7. The van der Waals surface area contributed by atoms with Crippen LogP contribution in [0.3, 0.4) is 0 Å². The molecule has 3 aromatic carbocycles. The number of carbonyl (C=O) groups excluding carboxylic acids is 1. The molecule has 1 amide bonds. The second kappa shape index (κ2) is 13.5. The van der Waals surface area contributed by atoms with Crippen LogP contribution in [0, 0.1) is 0 Å². The summed E-state index contributed by atoms with van der Waals surface area (Å²) in [5, 5.41) is 2.86. The second-order valence-corrected chi connectivity index (χ2v) is 10.00. The van der Waals surface area contributed by atoms with Crippen LogP contribution in [0.4, 0.5) is 5.69 Å². The molecule has 3 aromatic rings. The first kappa shape index (κ1) is 27.1. The molecule has 0 aliphatic rings. The predicted octanol–water partition coefficient (Wildman–Crippen LogP) is 4.82. The Hall–Kier alpha value is -3.52. The van der Waals surface area contributed by atoms with Gasteiger partial charge in [0.25, 0.3) is 10.0 Å². The Bertz CT molecular complexity index is 1220. The van der Waals surface area contributed by atoms with Crippen LogP contribution < -0.4 is 19.1 Å². The molecule has 3 rings (SSSR count). The summed E-state index contributed by atoms with van der Waals surface area (Å²) >= 11 is 0. The van der Waals surface area contributed by atoms with E-state index in [-0.39, 0.29) is 11.4 Å². The van der Waals surface area contributed by atoms with Crippen molar-refractivity contribution in [2.45, 2.75) is 38.0 Å². The molecule has 0 unspecified atom stereocenters. The van der Waals surface area contributed by atoms with Crippen LogP contribution >= 0.6 is 0 Å². The van der Waals surface area contributed by atoms with Gasteiger partial charge in [-0.15, -0.1) is 0 Å². The topological polar surface area (TPSA) is 84.9 Å². The van der Waals surface area contributed by atoms with Gasteiger partial charge in [0, 0.05) is 6.54 Å². The first-order valence-electron chi connectivity index (χ1n) is 12.2. The van der Waals surface area contributed by atoms with Crippen LogP contribution in [0.5, 0.6) is 11.5 Å². The Balaban J connectivity index is 1.71. The standard InChI is InChI=1S/C28H34N2O5S/c1-3-21-35-26-18-10-8-13-23(26)14-12-20-29-28(31)22-30(25-17-9-11-19-27(25)34-4-2)36(32,33)24-15-6-5-7-16-24/h5-11,13,15-19H,3-4,12,14,20-22H2,1-2H3,(H,29,31). The molecule has 1 N–H and O–H groups in total. The molecule has 0 bridgehead atoms. The lowest BCUT2D eigenvalue weighted by atomic mass is 10.1. The highest BCUT2D eigenvalue weighted by molar-refractivity contribution is 7.92. The number of anilines is 1. The number of sulfonamides is 1. The molecule has 36 heavy (non-hydrogen) atoms.